The van der Waals surface area contributed by atoms with E-state index in [1.165, 1.54) is 0 Å². The van der Waals surface area contributed by atoms with Gasteiger partial charge in [-0.2, -0.15) is 0 Å². The van der Waals surface area contributed by atoms with Gasteiger partial charge in [0.15, 0.2) is 0 Å². The zero-order valence-corrected chi connectivity index (χ0v) is 13.7. The van der Waals surface area contributed by atoms with Gasteiger partial charge >= 0.3 is 5.97 Å². The molecule has 0 aromatic heterocycles. The Balaban J connectivity index is 2.04. The lowest BCUT2D eigenvalue weighted by Crippen LogP contribution is -2.08. The molecule has 0 amide bonds. The first-order valence-corrected chi connectivity index (χ1v) is 7.68. The van der Waals surface area contributed by atoms with E-state index in [0.717, 1.165) is 15.7 Å². The molecular weight excluding hydrogens is 330 g/mol. The van der Waals surface area contributed by atoms with Crippen molar-refractivity contribution in [1.82, 2.24) is 0 Å². The third kappa shape index (κ3) is 4.33. The van der Waals surface area contributed by atoms with Crippen molar-refractivity contribution < 1.29 is 9.53 Å². The predicted molar refractivity (Wildman–Crippen MR) is 88.6 cm³/mol. The summed E-state index contributed by atoms with van der Waals surface area (Å²) in [7, 11) is 0. The van der Waals surface area contributed by atoms with E-state index in [0.29, 0.717) is 12.2 Å². The minimum absolute atomic E-state index is 0.155. The van der Waals surface area contributed by atoms with Crippen LogP contribution in [0.4, 0.5) is 5.69 Å². The number of benzene rings is 2. The second kappa shape index (κ2) is 7.27. The van der Waals surface area contributed by atoms with Gasteiger partial charge in [0.25, 0.3) is 0 Å². The summed E-state index contributed by atoms with van der Waals surface area (Å²) in [6.07, 6.45) is 0. The van der Waals surface area contributed by atoms with E-state index in [-0.39, 0.29) is 12.0 Å². The number of esters is 1. The van der Waals surface area contributed by atoms with E-state index in [1.807, 2.05) is 36.4 Å². The summed E-state index contributed by atoms with van der Waals surface area (Å²) in [4.78, 5) is 11.6. The molecule has 0 saturated heterocycles. The number of halogens is 1. The zero-order valence-electron chi connectivity index (χ0n) is 12.1. The van der Waals surface area contributed by atoms with E-state index in [9.17, 15) is 4.79 Å². The number of anilines is 1. The highest BCUT2D eigenvalue weighted by Crippen LogP contribution is 2.21. The van der Waals surface area contributed by atoms with Crippen LogP contribution < -0.4 is 5.32 Å². The molecule has 2 aromatic carbocycles. The maximum absolute atomic E-state index is 11.6. The van der Waals surface area contributed by atoms with Crippen molar-refractivity contribution in [3.05, 3.63) is 64.1 Å². The summed E-state index contributed by atoms with van der Waals surface area (Å²) in [6, 6.07) is 15.7. The van der Waals surface area contributed by atoms with Crippen molar-refractivity contribution in [2.45, 2.75) is 19.9 Å². The second-order valence-corrected chi connectivity index (χ2v) is 5.63. The molecule has 0 aliphatic carbocycles. The largest absolute Gasteiger partial charge is 0.462 e. The molecule has 3 nitrogen and oxygen atoms in total. The molecule has 1 atom stereocenters. The molecule has 0 saturated carbocycles. The van der Waals surface area contributed by atoms with E-state index in [1.54, 1.807) is 19.1 Å². The highest BCUT2D eigenvalue weighted by Gasteiger charge is 2.09. The molecule has 0 bridgehead atoms. The Morgan fingerprint density at radius 3 is 2.33 bits per heavy atom. The average Bonchev–Trinajstić information content (AvgIpc) is 2.50. The maximum atomic E-state index is 11.6. The van der Waals surface area contributed by atoms with E-state index < -0.39 is 0 Å². The number of nitrogens with one attached hydrogen (secondary N) is 1. The van der Waals surface area contributed by atoms with Crippen LogP contribution >= 0.6 is 15.9 Å². The summed E-state index contributed by atoms with van der Waals surface area (Å²) in [5, 5.41) is 3.42. The molecule has 0 spiro atoms. The summed E-state index contributed by atoms with van der Waals surface area (Å²) in [5.41, 5.74) is 2.75. The summed E-state index contributed by atoms with van der Waals surface area (Å²) >= 11 is 3.42. The Morgan fingerprint density at radius 2 is 1.76 bits per heavy atom. The summed E-state index contributed by atoms with van der Waals surface area (Å²) in [5.74, 6) is -0.280. The topological polar surface area (TPSA) is 38.3 Å². The molecular formula is C17H18BrNO2. The van der Waals surface area contributed by atoms with Gasteiger partial charge in [0.1, 0.15) is 0 Å². The Labute approximate surface area is 133 Å². The highest BCUT2D eigenvalue weighted by molar-refractivity contribution is 9.10. The minimum Gasteiger partial charge on any atom is -0.462 e. The molecule has 1 N–H and O–H groups in total. The second-order valence-electron chi connectivity index (χ2n) is 4.72. The Hall–Kier alpha value is -1.81. The van der Waals surface area contributed by atoms with Gasteiger partial charge in [-0.05, 0) is 55.8 Å². The van der Waals surface area contributed by atoms with Gasteiger partial charge in [0.05, 0.1) is 12.2 Å². The monoisotopic (exact) mass is 347 g/mol. The maximum Gasteiger partial charge on any atom is 0.338 e. The first kappa shape index (κ1) is 15.6. The fourth-order valence-corrected chi connectivity index (χ4v) is 2.27. The van der Waals surface area contributed by atoms with Crippen LogP contribution in [0.25, 0.3) is 0 Å². The van der Waals surface area contributed by atoms with Gasteiger partial charge in [-0.25, -0.2) is 4.79 Å². The molecule has 110 valence electrons. The Morgan fingerprint density at radius 1 is 1.14 bits per heavy atom. The van der Waals surface area contributed by atoms with Crippen molar-refractivity contribution in [3.63, 3.8) is 0 Å². The number of carbonyl (C=O) groups is 1. The van der Waals surface area contributed by atoms with Crippen molar-refractivity contribution in [1.29, 1.82) is 0 Å². The quantitative estimate of drug-likeness (QED) is 0.789. The lowest BCUT2D eigenvalue weighted by Gasteiger charge is -2.16. The number of ether oxygens (including phenoxy) is 1. The first-order chi connectivity index (χ1) is 10.1. The molecule has 0 fully saturated rings. The van der Waals surface area contributed by atoms with Gasteiger partial charge in [-0.3, -0.25) is 0 Å². The third-order valence-corrected chi connectivity index (χ3v) is 3.68. The third-order valence-electron chi connectivity index (χ3n) is 3.15. The van der Waals surface area contributed by atoms with Gasteiger partial charge in [0, 0.05) is 16.2 Å². The lowest BCUT2D eigenvalue weighted by molar-refractivity contribution is 0.0526. The molecule has 0 heterocycles. The van der Waals surface area contributed by atoms with Gasteiger partial charge in [-0.15, -0.1) is 0 Å². The van der Waals surface area contributed by atoms with Gasteiger partial charge in [0.2, 0.25) is 0 Å². The molecule has 0 aliphatic rings. The first-order valence-electron chi connectivity index (χ1n) is 6.89. The van der Waals surface area contributed by atoms with Crippen LogP contribution in [-0.4, -0.2) is 12.6 Å². The Bertz CT molecular complexity index is 593. The molecule has 2 rings (SSSR count). The van der Waals surface area contributed by atoms with Crippen molar-refractivity contribution in [2.24, 2.45) is 0 Å². The Kier molecular flexibility index (Phi) is 5.39. The summed E-state index contributed by atoms with van der Waals surface area (Å²) in [6.45, 7) is 4.28. The van der Waals surface area contributed by atoms with E-state index in [2.05, 4.69) is 28.2 Å². The van der Waals surface area contributed by atoms with Crippen LogP contribution in [0.5, 0.6) is 0 Å². The smallest absolute Gasteiger partial charge is 0.338 e. The normalized spacial score (nSPS) is 11.8. The number of carbonyl (C=O) groups excluding carboxylic acids is 1. The van der Waals surface area contributed by atoms with Crippen LogP contribution in [0.1, 0.15) is 35.8 Å². The molecule has 0 radical (unpaired) electrons. The average molecular weight is 348 g/mol. The van der Waals surface area contributed by atoms with Gasteiger partial charge < -0.3 is 10.1 Å². The van der Waals surface area contributed by atoms with Gasteiger partial charge in [-0.1, -0.05) is 28.1 Å². The summed E-state index contributed by atoms with van der Waals surface area (Å²) < 4.78 is 6.03. The lowest BCUT2D eigenvalue weighted by atomic mass is 10.1. The fraction of sp³-hybridized carbons (Fsp3) is 0.235. The van der Waals surface area contributed by atoms with E-state index >= 15 is 0 Å². The van der Waals surface area contributed by atoms with Crippen molar-refractivity contribution in [2.75, 3.05) is 11.9 Å². The van der Waals surface area contributed by atoms with Crippen LogP contribution in [-0.2, 0) is 4.74 Å². The number of hydrogen-bond donors (Lipinski definition) is 1. The molecule has 4 heteroatoms. The van der Waals surface area contributed by atoms with E-state index in [4.69, 9.17) is 4.74 Å². The highest BCUT2D eigenvalue weighted by atomic mass is 79.9. The van der Waals surface area contributed by atoms with Crippen LogP contribution in [0.3, 0.4) is 0 Å². The minimum atomic E-state index is -0.280. The SMILES string of the molecule is CCOC(=O)c1ccc([C@H](C)Nc2ccc(Br)cc2)cc1. The number of hydrogen-bond acceptors (Lipinski definition) is 3. The molecule has 2 aromatic rings. The van der Waals surface area contributed by atoms with Crippen molar-refractivity contribution >= 4 is 27.6 Å². The standard InChI is InChI=1S/C17H18BrNO2/c1-3-21-17(20)14-6-4-13(5-7-14)12(2)19-16-10-8-15(18)9-11-16/h4-12,19H,3H2,1-2H3/t12-/m0/s1. The van der Waals surface area contributed by atoms with Crippen LogP contribution in [0, 0.1) is 0 Å². The molecule has 0 aliphatic heterocycles. The van der Waals surface area contributed by atoms with Crippen LogP contribution in [0.15, 0.2) is 53.0 Å². The fourth-order valence-electron chi connectivity index (χ4n) is 2.00. The van der Waals surface area contributed by atoms with Crippen LogP contribution in [0.2, 0.25) is 0 Å². The molecule has 21 heavy (non-hydrogen) atoms. The predicted octanol–water partition coefficient (Wildman–Crippen LogP) is 4.80. The van der Waals surface area contributed by atoms with Crippen molar-refractivity contribution in [3.8, 4) is 0 Å². The zero-order chi connectivity index (χ0) is 15.2. The number of rotatable bonds is 5. The molecule has 0 unspecified atom stereocenters.